The van der Waals surface area contributed by atoms with Crippen LogP contribution in [0.3, 0.4) is 0 Å². The lowest BCUT2D eigenvalue weighted by atomic mass is 10.3. The monoisotopic (exact) mass is 244 g/mol. The fourth-order valence-corrected chi connectivity index (χ4v) is 2.09. The fraction of sp³-hybridized carbons (Fsp3) is 0.273. The van der Waals surface area contributed by atoms with Gasteiger partial charge in [-0.05, 0) is 18.6 Å². The van der Waals surface area contributed by atoms with Crippen molar-refractivity contribution in [2.45, 2.75) is 6.42 Å². The summed E-state index contributed by atoms with van der Waals surface area (Å²) in [5.41, 5.74) is 6.17. The smallest absolute Gasteiger partial charge is 0.294 e. The molecule has 0 bridgehead atoms. The Morgan fingerprint density at radius 2 is 2.11 bits per heavy atom. The van der Waals surface area contributed by atoms with Crippen LogP contribution in [0.5, 0.6) is 0 Å². The lowest BCUT2D eigenvalue weighted by Crippen LogP contribution is -2.33. The van der Waals surface area contributed by atoms with Crippen molar-refractivity contribution in [3.63, 3.8) is 0 Å². The number of pyridine rings is 1. The number of anilines is 1. The molecule has 2 fully saturated rings. The summed E-state index contributed by atoms with van der Waals surface area (Å²) in [5, 5.41) is 11.2. The predicted octanol–water partition coefficient (Wildman–Crippen LogP) is 0.176. The molecule has 2 aliphatic rings. The highest BCUT2D eigenvalue weighted by atomic mass is 16.2. The zero-order valence-corrected chi connectivity index (χ0v) is 9.63. The highest BCUT2D eigenvalue weighted by Gasteiger charge is 2.42. The molecule has 1 aromatic heterocycles. The minimum Gasteiger partial charge on any atom is -0.384 e. The largest absolute Gasteiger partial charge is 0.384 e. The zero-order chi connectivity index (χ0) is 12.7. The van der Waals surface area contributed by atoms with Gasteiger partial charge in [-0.3, -0.25) is 15.2 Å². The van der Waals surface area contributed by atoms with Gasteiger partial charge in [-0.1, -0.05) is 0 Å². The van der Waals surface area contributed by atoms with Gasteiger partial charge in [-0.15, -0.1) is 0 Å². The van der Waals surface area contributed by atoms with E-state index in [1.807, 2.05) is 0 Å². The van der Waals surface area contributed by atoms with Gasteiger partial charge in [0.15, 0.2) is 11.5 Å². The average molecular weight is 244 g/mol. The quantitative estimate of drug-likeness (QED) is 0.736. The molecule has 7 heteroatoms. The van der Waals surface area contributed by atoms with Crippen molar-refractivity contribution in [3.05, 3.63) is 18.3 Å². The maximum absolute atomic E-state index is 12.0. The third-order valence-electron chi connectivity index (χ3n) is 2.96. The van der Waals surface area contributed by atoms with E-state index >= 15 is 0 Å². The molecule has 18 heavy (non-hydrogen) atoms. The highest BCUT2D eigenvalue weighted by molar-refractivity contribution is 6.68. The first-order chi connectivity index (χ1) is 8.66. The average Bonchev–Trinajstić information content (AvgIpc) is 2.92. The molecular weight excluding hydrogens is 232 g/mol. The summed E-state index contributed by atoms with van der Waals surface area (Å²) < 4.78 is 0. The van der Waals surface area contributed by atoms with Crippen molar-refractivity contribution in [2.24, 2.45) is 4.99 Å². The van der Waals surface area contributed by atoms with Crippen molar-refractivity contribution in [1.82, 2.24) is 15.0 Å². The van der Waals surface area contributed by atoms with Crippen molar-refractivity contribution < 1.29 is 4.79 Å². The molecular formula is C11H12N6O. The molecule has 0 radical (unpaired) electrons. The Balaban J connectivity index is 1.95. The van der Waals surface area contributed by atoms with Gasteiger partial charge in [0.1, 0.15) is 5.82 Å². The van der Waals surface area contributed by atoms with Crippen molar-refractivity contribution in [3.8, 4) is 0 Å². The van der Waals surface area contributed by atoms with Crippen molar-refractivity contribution in [1.29, 1.82) is 5.41 Å². The Bertz CT molecular complexity index is 525. The summed E-state index contributed by atoms with van der Waals surface area (Å²) >= 11 is 0. The first-order valence-electron chi connectivity index (χ1n) is 5.65. The lowest BCUT2D eigenvalue weighted by molar-refractivity contribution is -0.129. The SMILES string of the molecule is N=C1C(=Nc2ccc(N)nc2)C(=O)N2CCCN12. The van der Waals surface area contributed by atoms with Crippen LogP contribution in [0.1, 0.15) is 6.42 Å². The topological polar surface area (TPSA) is 98.7 Å². The molecule has 3 heterocycles. The Labute approximate surface area is 103 Å². The number of carbonyl (C=O) groups is 1. The molecule has 0 spiro atoms. The minimum absolute atomic E-state index is 0.161. The van der Waals surface area contributed by atoms with Crippen LogP contribution in [0.4, 0.5) is 11.5 Å². The predicted molar refractivity (Wildman–Crippen MR) is 66.5 cm³/mol. The Kier molecular flexibility index (Phi) is 2.26. The van der Waals surface area contributed by atoms with E-state index < -0.39 is 0 Å². The number of nitrogens with one attached hydrogen (secondary N) is 1. The van der Waals surface area contributed by atoms with Crippen LogP contribution in [0, 0.1) is 5.41 Å². The second-order valence-corrected chi connectivity index (χ2v) is 4.16. The van der Waals surface area contributed by atoms with Crippen LogP contribution in [-0.2, 0) is 4.79 Å². The van der Waals surface area contributed by atoms with Crippen LogP contribution in [0.15, 0.2) is 23.3 Å². The van der Waals surface area contributed by atoms with E-state index in [9.17, 15) is 4.79 Å². The van der Waals surface area contributed by atoms with Crippen LogP contribution in [-0.4, -0.2) is 45.5 Å². The number of amidine groups is 1. The molecule has 0 atom stereocenters. The minimum atomic E-state index is -0.214. The number of hydrogen-bond donors (Lipinski definition) is 2. The molecule has 3 N–H and O–H groups in total. The lowest BCUT2D eigenvalue weighted by Gasteiger charge is -2.17. The standard InChI is InChI=1S/C11H12N6O/c12-8-3-2-7(6-14-8)15-9-10(13)16-4-1-5-17(16)11(9)18/h2-3,6,13H,1,4-5H2,(H2,12,14). The number of hydrazine groups is 1. The van der Waals surface area contributed by atoms with E-state index in [0.29, 0.717) is 24.6 Å². The number of hydrogen-bond acceptors (Lipinski definition) is 5. The molecule has 92 valence electrons. The third-order valence-corrected chi connectivity index (χ3v) is 2.96. The number of rotatable bonds is 1. The first kappa shape index (κ1) is 10.7. The van der Waals surface area contributed by atoms with Gasteiger partial charge in [0.25, 0.3) is 5.91 Å². The summed E-state index contributed by atoms with van der Waals surface area (Å²) in [7, 11) is 0. The van der Waals surface area contributed by atoms with Gasteiger partial charge in [0.05, 0.1) is 11.9 Å². The number of aliphatic imine (C=N–C) groups is 1. The maximum atomic E-state index is 12.0. The van der Waals surface area contributed by atoms with Crippen LogP contribution >= 0.6 is 0 Å². The molecule has 0 saturated carbocycles. The van der Waals surface area contributed by atoms with Crippen LogP contribution < -0.4 is 5.73 Å². The van der Waals surface area contributed by atoms with E-state index in [4.69, 9.17) is 11.1 Å². The number of fused-ring (bicyclic) bond motifs is 1. The summed E-state index contributed by atoms with van der Waals surface area (Å²) in [6.45, 7) is 1.35. The molecule has 1 amide bonds. The molecule has 0 unspecified atom stereocenters. The highest BCUT2D eigenvalue weighted by Crippen LogP contribution is 2.21. The Morgan fingerprint density at radius 1 is 1.33 bits per heavy atom. The van der Waals surface area contributed by atoms with Gasteiger partial charge in [0, 0.05) is 13.1 Å². The molecule has 1 aromatic rings. The number of nitrogen functional groups attached to an aromatic ring is 1. The zero-order valence-electron chi connectivity index (χ0n) is 9.63. The molecule has 7 nitrogen and oxygen atoms in total. The van der Waals surface area contributed by atoms with E-state index in [2.05, 4.69) is 9.98 Å². The summed E-state index contributed by atoms with van der Waals surface area (Å²) in [5.74, 6) is 0.347. The maximum Gasteiger partial charge on any atom is 0.294 e. The van der Waals surface area contributed by atoms with Crippen molar-refractivity contribution >= 4 is 29.0 Å². The number of nitrogens with zero attached hydrogens (tertiary/aromatic N) is 4. The number of aromatic nitrogens is 1. The second-order valence-electron chi connectivity index (χ2n) is 4.16. The molecule has 0 aliphatic carbocycles. The van der Waals surface area contributed by atoms with Gasteiger partial charge in [0.2, 0.25) is 0 Å². The van der Waals surface area contributed by atoms with Gasteiger partial charge >= 0.3 is 0 Å². The number of nitrogens with two attached hydrogens (primary N) is 1. The third kappa shape index (κ3) is 1.52. The molecule has 3 rings (SSSR count). The van der Waals surface area contributed by atoms with E-state index in [1.54, 1.807) is 22.2 Å². The van der Waals surface area contributed by atoms with E-state index in [0.717, 1.165) is 6.42 Å². The van der Waals surface area contributed by atoms with Crippen molar-refractivity contribution in [2.75, 3.05) is 18.8 Å². The van der Waals surface area contributed by atoms with E-state index in [-0.39, 0.29) is 17.5 Å². The van der Waals surface area contributed by atoms with Gasteiger partial charge < -0.3 is 5.73 Å². The summed E-state index contributed by atoms with van der Waals surface area (Å²) in [6, 6.07) is 3.29. The number of carbonyl (C=O) groups excluding carboxylic acids is 1. The van der Waals surface area contributed by atoms with Crippen LogP contribution in [0.25, 0.3) is 0 Å². The molecule has 2 aliphatic heterocycles. The fourth-order valence-electron chi connectivity index (χ4n) is 2.09. The second kappa shape index (κ2) is 3.80. The van der Waals surface area contributed by atoms with E-state index in [1.165, 1.54) is 6.20 Å². The number of amides is 1. The summed E-state index contributed by atoms with van der Waals surface area (Å²) in [4.78, 5) is 20.1. The summed E-state index contributed by atoms with van der Waals surface area (Å²) in [6.07, 6.45) is 2.38. The Hall–Kier alpha value is -2.44. The Morgan fingerprint density at radius 3 is 2.78 bits per heavy atom. The first-order valence-corrected chi connectivity index (χ1v) is 5.65. The van der Waals surface area contributed by atoms with Gasteiger partial charge in [-0.25, -0.2) is 15.0 Å². The molecule has 2 saturated heterocycles. The normalized spacial score (nSPS) is 21.0. The molecule has 0 aromatic carbocycles. The van der Waals surface area contributed by atoms with Crippen LogP contribution in [0.2, 0.25) is 0 Å². The van der Waals surface area contributed by atoms with Gasteiger partial charge in [-0.2, -0.15) is 0 Å².